The van der Waals surface area contributed by atoms with Crippen LogP contribution in [0.5, 0.6) is 5.75 Å². The molecule has 6 heteroatoms. The fraction of sp³-hybridized carbons (Fsp3) is 0.385. The van der Waals surface area contributed by atoms with E-state index in [4.69, 9.17) is 0 Å². The summed E-state index contributed by atoms with van der Waals surface area (Å²) in [5.74, 6) is -3.09. The number of rotatable bonds is 5. The summed E-state index contributed by atoms with van der Waals surface area (Å²) >= 11 is 0. The Hall–Kier alpha value is -2.11. The van der Waals surface area contributed by atoms with Gasteiger partial charge in [-0.15, -0.1) is 0 Å². The molecule has 0 aliphatic rings. The average Bonchev–Trinajstić information content (AvgIpc) is 2.35. The summed E-state index contributed by atoms with van der Waals surface area (Å²) in [4.78, 5) is 23.2. The summed E-state index contributed by atoms with van der Waals surface area (Å²) in [6, 6.07) is 2.93. The van der Waals surface area contributed by atoms with Crippen LogP contribution in [0, 0.1) is 5.82 Å². The van der Waals surface area contributed by atoms with Crippen molar-refractivity contribution in [2.24, 2.45) is 0 Å². The van der Waals surface area contributed by atoms with E-state index in [1.165, 1.54) is 0 Å². The van der Waals surface area contributed by atoms with E-state index in [-0.39, 0.29) is 18.4 Å². The van der Waals surface area contributed by atoms with E-state index in [1.807, 2.05) is 0 Å². The van der Waals surface area contributed by atoms with E-state index in [0.717, 1.165) is 18.2 Å². The summed E-state index contributed by atoms with van der Waals surface area (Å²) in [6.07, 6.45) is 0.402. The van der Waals surface area contributed by atoms with Crippen molar-refractivity contribution in [2.75, 3.05) is 0 Å². The lowest BCUT2D eigenvalue weighted by molar-refractivity contribution is -0.144. The topological polar surface area (TPSA) is 86.6 Å². The zero-order chi connectivity index (χ0) is 14.6. The van der Waals surface area contributed by atoms with Gasteiger partial charge >= 0.3 is 5.97 Å². The van der Waals surface area contributed by atoms with Crippen molar-refractivity contribution >= 4 is 11.9 Å². The highest BCUT2D eigenvalue weighted by Crippen LogP contribution is 2.21. The van der Waals surface area contributed by atoms with Gasteiger partial charge in [0.15, 0.2) is 0 Å². The smallest absolute Gasteiger partial charge is 0.329 e. The molecular formula is C13H16FNO4. The van der Waals surface area contributed by atoms with Gasteiger partial charge in [0.2, 0.25) is 0 Å². The predicted octanol–water partition coefficient (Wildman–Crippen LogP) is 1.90. The van der Waals surface area contributed by atoms with Crippen LogP contribution in [-0.4, -0.2) is 27.6 Å². The molecule has 0 fully saturated rings. The number of hydrogen-bond acceptors (Lipinski definition) is 3. The maximum absolute atomic E-state index is 12.8. The molecule has 0 spiro atoms. The molecule has 0 radical (unpaired) electrons. The Kier molecular flexibility index (Phi) is 4.47. The molecular weight excluding hydrogens is 253 g/mol. The summed E-state index contributed by atoms with van der Waals surface area (Å²) in [6.45, 7) is 3.28. The Morgan fingerprint density at radius 3 is 2.32 bits per heavy atom. The summed E-state index contributed by atoms with van der Waals surface area (Å²) in [7, 11) is 0. The Bertz CT molecular complexity index is 497. The minimum absolute atomic E-state index is 0.158. The zero-order valence-corrected chi connectivity index (χ0v) is 10.7. The number of nitrogens with one attached hydrogen (secondary N) is 1. The molecule has 19 heavy (non-hydrogen) atoms. The number of carboxylic acids is 1. The molecule has 0 bridgehead atoms. The van der Waals surface area contributed by atoms with Crippen molar-refractivity contribution in [3.63, 3.8) is 0 Å². The molecule has 1 aromatic rings. The van der Waals surface area contributed by atoms with E-state index >= 15 is 0 Å². The molecule has 1 amide bonds. The highest BCUT2D eigenvalue weighted by molar-refractivity contribution is 5.99. The van der Waals surface area contributed by atoms with Crippen molar-refractivity contribution in [3.05, 3.63) is 29.6 Å². The van der Waals surface area contributed by atoms with E-state index < -0.39 is 29.0 Å². The Balaban J connectivity index is 3.04. The lowest BCUT2D eigenvalue weighted by atomic mass is 9.92. The first kappa shape index (κ1) is 14.9. The molecule has 0 heterocycles. The number of aliphatic carboxylic acids is 1. The maximum atomic E-state index is 12.8. The molecule has 0 aliphatic heterocycles. The quantitative estimate of drug-likeness (QED) is 0.762. The van der Waals surface area contributed by atoms with E-state index in [0.29, 0.717) is 0 Å². The molecule has 5 nitrogen and oxygen atoms in total. The number of halogens is 1. The van der Waals surface area contributed by atoms with Crippen molar-refractivity contribution in [2.45, 2.75) is 32.2 Å². The number of phenols is 1. The third-order valence-corrected chi connectivity index (χ3v) is 3.17. The Labute approximate surface area is 110 Å². The second-order valence-corrected chi connectivity index (χ2v) is 4.21. The van der Waals surface area contributed by atoms with Gasteiger partial charge in [0.1, 0.15) is 17.1 Å². The van der Waals surface area contributed by atoms with Crippen LogP contribution in [0.15, 0.2) is 18.2 Å². The van der Waals surface area contributed by atoms with Gasteiger partial charge in [-0.05, 0) is 25.0 Å². The van der Waals surface area contributed by atoms with Gasteiger partial charge in [-0.1, -0.05) is 13.8 Å². The van der Waals surface area contributed by atoms with Crippen molar-refractivity contribution in [1.82, 2.24) is 5.32 Å². The van der Waals surface area contributed by atoms with Gasteiger partial charge < -0.3 is 15.5 Å². The fourth-order valence-electron chi connectivity index (χ4n) is 1.76. The molecule has 0 saturated heterocycles. The second kappa shape index (κ2) is 5.69. The maximum Gasteiger partial charge on any atom is 0.329 e. The minimum Gasteiger partial charge on any atom is -0.507 e. The van der Waals surface area contributed by atoms with E-state index in [1.54, 1.807) is 13.8 Å². The number of carbonyl (C=O) groups excluding carboxylic acids is 1. The molecule has 3 N–H and O–H groups in total. The lowest BCUT2D eigenvalue weighted by Gasteiger charge is -2.28. The molecule has 0 atom stereocenters. The summed E-state index contributed by atoms with van der Waals surface area (Å²) in [5.41, 5.74) is -1.55. The standard InChI is InChI=1S/C13H16FNO4/c1-3-13(4-2,12(18)19)15-11(17)9-6-5-8(14)7-10(9)16/h5-7,16H,3-4H2,1-2H3,(H,15,17)(H,18,19). The van der Waals surface area contributed by atoms with Gasteiger partial charge in [0.25, 0.3) is 5.91 Å². The molecule has 0 unspecified atom stereocenters. The highest BCUT2D eigenvalue weighted by Gasteiger charge is 2.37. The zero-order valence-electron chi connectivity index (χ0n) is 10.7. The summed E-state index contributed by atoms with van der Waals surface area (Å²) in [5, 5.41) is 21.1. The van der Waals surface area contributed by atoms with Gasteiger partial charge in [0.05, 0.1) is 5.56 Å². The largest absolute Gasteiger partial charge is 0.507 e. The number of carbonyl (C=O) groups is 2. The molecule has 0 aromatic heterocycles. The summed E-state index contributed by atoms with van der Waals surface area (Å²) < 4.78 is 12.8. The molecule has 0 saturated carbocycles. The fourth-order valence-corrected chi connectivity index (χ4v) is 1.76. The molecule has 1 rings (SSSR count). The van der Waals surface area contributed by atoms with Gasteiger partial charge in [-0.3, -0.25) is 4.79 Å². The highest BCUT2D eigenvalue weighted by atomic mass is 19.1. The van der Waals surface area contributed by atoms with Crippen LogP contribution in [0.25, 0.3) is 0 Å². The number of phenolic OH excluding ortho intramolecular Hbond substituents is 1. The number of amides is 1. The van der Waals surface area contributed by atoms with Crippen LogP contribution < -0.4 is 5.32 Å². The van der Waals surface area contributed by atoms with E-state index in [2.05, 4.69) is 5.32 Å². The van der Waals surface area contributed by atoms with Crippen LogP contribution in [0.2, 0.25) is 0 Å². The number of hydrogen-bond donors (Lipinski definition) is 3. The van der Waals surface area contributed by atoms with Gasteiger partial charge in [0, 0.05) is 6.07 Å². The number of benzene rings is 1. The van der Waals surface area contributed by atoms with Crippen molar-refractivity contribution < 1.29 is 24.2 Å². The van der Waals surface area contributed by atoms with Crippen LogP contribution >= 0.6 is 0 Å². The molecule has 1 aromatic carbocycles. The van der Waals surface area contributed by atoms with Crippen molar-refractivity contribution in [1.29, 1.82) is 0 Å². The SMILES string of the molecule is CCC(CC)(NC(=O)c1ccc(F)cc1O)C(=O)O. The molecule has 104 valence electrons. The lowest BCUT2D eigenvalue weighted by Crippen LogP contribution is -2.53. The number of carboxylic acid groups (broad SMARTS) is 1. The first-order chi connectivity index (χ1) is 8.86. The van der Waals surface area contributed by atoms with Gasteiger partial charge in [-0.2, -0.15) is 0 Å². The van der Waals surface area contributed by atoms with Crippen LogP contribution in [0.4, 0.5) is 4.39 Å². The van der Waals surface area contributed by atoms with E-state index in [9.17, 15) is 24.2 Å². The third-order valence-electron chi connectivity index (χ3n) is 3.17. The normalized spacial score (nSPS) is 11.1. The average molecular weight is 269 g/mol. The Morgan fingerprint density at radius 1 is 1.32 bits per heavy atom. The first-order valence-corrected chi connectivity index (χ1v) is 5.90. The van der Waals surface area contributed by atoms with Crippen LogP contribution in [-0.2, 0) is 4.79 Å². The minimum atomic E-state index is -1.39. The first-order valence-electron chi connectivity index (χ1n) is 5.90. The van der Waals surface area contributed by atoms with Crippen LogP contribution in [0.1, 0.15) is 37.0 Å². The predicted molar refractivity (Wildman–Crippen MR) is 66.5 cm³/mol. The molecule has 0 aliphatic carbocycles. The van der Waals surface area contributed by atoms with Crippen LogP contribution in [0.3, 0.4) is 0 Å². The van der Waals surface area contributed by atoms with Gasteiger partial charge in [-0.25, -0.2) is 9.18 Å². The Morgan fingerprint density at radius 2 is 1.89 bits per heavy atom. The monoisotopic (exact) mass is 269 g/mol. The second-order valence-electron chi connectivity index (χ2n) is 4.21. The number of aromatic hydroxyl groups is 1. The van der Waals surface area contributed by atoms with Crippen molar-refractivity contribution in [3.8, 4) is 5.75 Å². The third kappa shape index (κ3) is 3.01.